The summed E-state index contributed by atoms with van der Waals surface area (Å²) in [6.07, 6.45) is -4.56. The number of hydroxylamine groups is 2. The van der Waals surface area contributed by atoms with Gasteiger partial charge in [0, 0.05) is 18.8 Å². The van der Waals surface area contributed by atoms with Crippen molar-refractivity contribution in [1.82, 2.24) is 10.0 Å². The van der Waals surface area contributed by atoms with Crippen LogP contribution in [-0.4, -0.2) is 30.2 Å². The number of carbonyl (C=O) groups is 1. The highest BCUT2D eigenvalue weighted by Crippen LogP contribution is 2.33. The average molecular weight is 376 g/mol. The normalized spacial score (nSPS) is 11.1. The van der Waals surface area contributed by atoms with Crippen molar-refractivity contribution < 1.29 is 27.5 Å². The molecule has 25 heavy (non-hydrogen) atoms. The largest absolute Gasteiger partial charge is 0.439 e. The first kappa shape index (κ1) is 18.8. The maximum atomic E-state index is 12.8. The molecule has 1 heterocycles. The quantitative estimate of drug-likeness (QED) is 0.628. The van der Waals surface area contributed by atoms with Crippen LogP contribution in [0.5, 0.6) is 11.6 Å². The molecule has 0 spiro atoms. The zero-order chi connectivity index (χ0) is 18.6. The van der Waals surface area contributed by atoms with E-state index in [-0.39, 0.29) is 16.8 Å². The number of pyridine rings is 1. The summed E-state index contributed by atoms with van der Waals surface area (Å²) in [5, 5.41) is 3.19. The minimum absolute atomic E-state index is 0.223. The molecule has 0 saturated heterocycles. The number of anilines is 1. The Hall–Kier alpha value is -2.52. The van der Waals surface area contributed by atoms with Gasteiger partial charge in [-0.2, -0.15) is 13.2 Å². The van der Waals surface area contributed by atoms with Crippen LogP contribution in [0.3, 0.4) is 0 Å². The first-order valence-electron chi connectivity index (χ1n) is 6.80. The monoisotopic (exact) mass is 375 g/mol. The van der Waals surface area contributed by atoms with Gasteiger partial charge in [0.15, 0.2) is 0 Å². The highest BCUT2D eigenvalue weighted by atomic mass is 35.5. The minimum atomic E-state index is -4.56. The number of carbonyl (C=O) groups excluding carboxylic acids is 1. The maximum Gasteiger partial charge on any atom is 0.416 e. The highest BCUT2D eigenvalue weighted by molar-refractivity contribution is 6.29. The number of halogens is 4. The maximum absolute atomic E-state index is 12.8. The van der Waals surface area contributed by atoms with Crippen LogP contribution in [0.2, 0.25) is 5.15 Å². The Labute approximate surface area is 146 Å². The van der Waals surface area contributed by atoms with E-state index < -0.39 is 17.8 Å². The Morgan fingerprint density at radius 1 is 1.24 bits per heavy atom. The highest BCUT2D eigenvalue weighted by Gasteiger charge is 2.31. The summed E-state index contributed by atoms with van der Waals surface area (Å²) in [6, 6.07) is 6.88. The van der Waals surface area contributed by atoms with E-state index in [4.69, 9.17) is 21.2 Å². The van der Waals surface area contributed by atoms with Gasteiger partial charge in [0.2, 0.25) is 5.88 Å². The van der Waals surface area contributed by atoms with Gasteiger partial charge in [-0.1, -0.05) is 11.6 Å². The zero-order valence-electron chi connectivity index (χ0n) is 13.1. The molecule has 0 aliphatic heterocycles. The molecular formula is C15H13ClF3N3O3. The predicted molar refractivity (Wildman–Crippen MR) is 84.6 cm³/mol. The lowest BCUT2D eigenvalue weighted by Crippen LogP contribution is -2.30. The molecule has 0 atom stereocenters. The first-order valence-corrected chi connectivity index (χ1v) is 7.18. The number of nitrogens with zero attached hydrogens (tertiary/aromatic N) is 2. The first-order chi connectivity index (χ1) is 11.7. The van der Waals surface area contributed by atoms with Crippen LogP contribution in [0.25, 0.3) is 0 Å². The Bertz CT molecular complexity index is 754. The van der Waals surface area contributed by atoms with Gasteiger partial charge in [-0.05, 0) is 30.3 Å². The van der Waals surface area contributed by atoms with E-state index in [0.29, 0.717) is 11.8 Å². The topological polar surface area (TPSA) is 63.7 Å². The Balaban J connectivity index is 2.11. The summed E-state index contributed by atoms with van der Waals surface area (Å²) in [5.41, 5.74) is -0.523. The number of urea groups is 1. The molecule has 0 bridgehead atoms. The van der Waals surface area contributed by atoms with Gasteiger partial charge in [-0.25, -0.2) is 14.8 Å². The summed E-state index contributed by atoms with van der Waals surface area (Å²) in [6.45, 7) is 0. The van der Waals surface area contributed by atoms with E-state index in [9.17, 15) is 18.0 Å². The third-order valence-corrected chi connectivity index (χ3v) is 3.18. The summed E-state index contributed by atoms with van der Waals surface area (Å²) in [4.78, 5) is 20.0. The molecule has 0 unspecified atom stereocenters. The van der Waals surface area contributed by atoms with E-state index in [1.165, 1.54) is 38.4 Å². The standard InChI is InChI=1S/C15H13ClF3N3O3/c1-22(24-2)14(23)20-10-3-5-11(6-4-10)25-13-8-9(15(17,18)19)7-12(16)21-13/h3-8H,1-2H3,(H,20,23). The van der Waals surface area contributed by atoms with Crippen LogP contribution in [0.4, 0.5) is 23.7 Å². The molecule has 6 nitrogen and oxygen atoms in total. The number of amides is 2. The molecule has 10 heteroatoms. The Kier molecular flexibility index (Phi) is 5.70. The van der Waals surface area contributed by atoms with Crippen molar-refractivity contribution in [2.45, 2.75) is 6.18 Å². The van der Waals surface area contributed by atoms with E-state index in [0.717, 1.165) is 11.1 Å². The molecule has 0 aliphatic carbocycles. The molecule has 2 rings (SSSR count). The second-order valence-corrected chi connectivity index (χ2v) is 5.14. The second kappa shape index (κ2) is 7.58. The minimum Gasteiger partial charge on any atom is -0.439 e. The van der Waals surface area contributed by atoms with Crippen molar-refractivity contribution in [2.24, 2.45) is 0 Å². The molecular weight excluding hydrogens is 363 g/mol. The number of rotatable bonds is 4. The number of hydrogen-bond donors (Lipinski definition) is 1. The van der Waals surface area contributed by atoms with Crippen molar-refractivity contribution in [3.05, 3.63) is 47.1 Å². The second-order valence-electron chi connectivity index (χ2n) is 4.75. The summed E-state index contributed by atoms with van der Waals surface area (Å²) >= 11 is 5.59. The number of nitrogens with one attached hydrogen (secondary N) is 1. The lowest BCUT2D eigenvalue weighted by Gasteiger charge is -2.15. The predicted octanol–water partition coefficient (Wildman–Crippen LogP) is 4.57. The van der Waals surface area contributed by atoms with Crippen molar-refractivity contribution in [3.63, 3.8) is 0 Å². The van der Waals surface area contributed by atoms with E-state index >= 15 is 0 Å². The summed E-state index contributed by atoms with van der Waals surface area (Å²) < 4.78 is 43.6. The summed E-state index contributed by atoms with van der Waals surface area (Å²) in [7, 11) is 2.76. The lowest BCUT2D eigenvalue weighted by molar-refractivity contribution is -0.137. The molecule has 1 N–H and O–H groups in total. The van der Waals surface area contributed by atoms with Crippen LogP contribution in [0.15, 0.2) is 36.4 Å². The van der Waals surface area contributed by atoms with Gasteiger partial charge in [-0.3, -0.25) is 4.84 Å². The number of ether oxygens (including phenoxy) is 1. The fraction of sp³-hybridized carbons (Fsp3) is 0.200. The van der Waals surface area contributed by atoms with Crippen LogP contribution in [0, 0.1) is 0 Å². The van der Waals surface area contributed by atoms with Crippen molar-refractivity contribution in [3.8, 4) is 11.6 Å². The van der Waals surface area contributed by atoms with Crippen molar-refractivity contribution in [1.29, 1.82) is 0 Å². The molecule has 0 aliphatic rings. The molecule has 0 fully saturated rings. The van der Waals surface area contributed by atoms with Gasteiger partial charge in [0.1, 0.15) is 10.9 Å². The van der Waals surface area contributed by atoms with Gasteiger partial charge in [0.05, 0.1) is 12.7 Å². The zero-order valence-corrected chi connectivity index (χ0v) is 13.9. The number of hydrogen-bond acceptors (Lipinski definition) is 4. The SMILES string of the molecule is CON(C)C(=O)Nc1ccc(Oc2cc(C(F)(F)F)cc(Cl)n2)cc1. The van der Waals surface area contributed by atoms with E-state index in [1.54, 1.807) is 0 Å². The molecule has 2 amide bonds. The van der Waals surface area contributed by atoms with Gasteiger partial charge >= 0.3 is 12.2 Å². The Morgan fingerprint density at radius 2 is 1.88 bits per heavy atom. The molecule has 0 saturated carbocycles. The molecule has 0 radical (unpaired) electrons. The van der Waals surface area contributed by atoms with Crippen LogP contribution in [0.1, 0.15) is 5.56 Å². The molecule has 1 aromatic heterocycles. The van der Waals surface area contributed by atoms with Crippen LogP contribution >= 0.6 is 11.6 Å². The molecule has 134 valence electrons. The number of alkyl halides is 3. The third-order valence-electron chi connectivity index (χ3n) is 2.99. The lowest BCUT2D eigenvalue weighted by atomic mass is 10.2. The molecule has 1 aromatic carbocycles. The van der Waals surface area contributed by atoms with Crippen molar-refractivity contribution in [2.75, 3.05) is 19.5 Å². The van der Waals surface area contributed by atoms with E-state index in [2.05, 4.69) is 10.3 Å². The van der Waals surface area contributed by atoms with Crippen LogP contribution < -0.4 is 10.1 Å². The fourth-order valence-electron chi connectivity index (χ4n) is 1.70. The molecule has 2 aromatic rings. The van der Waals surface area contributed by atoms with Crippen LogP contribution in [-0.2, 0) is 11.0 Å². The summed E-state index contributed by atoms with van der Waals surface area (Å²) in [5.74, 6) is -0.0725. The fourth-order valence-corrected chi connectivity index (χ4v) is 1.90. The van der Waals surface area contributed by atoms with Crippen molar-refractivity contribution >= 4 is 23.3 Å². The van der Waals surface area contributed by atoms with Gasteiger partial charge in [0.25, 0.3) is 0 Å². The smallest absolute Gasteiger partial charge is 0.416 e. The third kappa shape index (κ3) is 5.23. The average Bonchev–Trinajstić information content (AvgIpc) is 2.54. The van der Waals surface area contributed by atoms with Gasteiger partial charge in [-0.15, -0.1) is 0 Å². The Morgan fingerprint density at radius 3 is 2.44 bits per heavy atom. The van der Waals surface area contributed by atoms with E-state index in [1.807, 2.05) is 0 Å². The number of benzene rings is 1. The van der Waals surface area contributed by atoms with Gasteiger partial charge < -0.3 is 10.1 Å². The number of aromatic nitrogens is 1.